The van der Waals surface area contributed by atoms with Gasteiger partial charge in [-0.3, -0.25) is 0 Å². The Balaban J connectivity index is 2.31. The van der Waals surface area contributed by atoms with Gasteiger partial charge in [0, 0.05) is 28.5 Å². The van der Waals surface area contributed by atoms with Crippen molar-refractivity contribution in [2.75, 3.05) is 4.90 Å². The lowest BCUT2D eigenvalue weighted by atomic mass is 10.1. The van der Waals surface area contributed by atoms with Crippen molar-refractivity contribution in [3.63, 3.8) is 0 Å². The number of aromatic nitrogens is 1. The van der Waals surface area contributed by atoms with Gasteiger partial charge in [0.05, 0.1) is 5.82 Å². The van der Waals surface area contributed by atoms with Crippen LogP contribution in [0.1, 0.15) is 22.4 Å². The van der Waals surface area contributed by atoms with E-state index in [-0.39, 0.29) is 0 Å². The number of hydrogen-bond donors (Lipinski definition) is 2. The normalized spacial score (nSPS) is 12.7. The van der Waals surface area contributed by atoms with E-state index in [9.17, 15) is 5.11 Å². The maximum Gasteiger partial charge on any atom is 0.174 e. The fraction of sp³-hybridized carbons (Fsp3) is 0.167. The summed E-state index contributed by atoms with van der Waals surface area (Å²) in [5, 5.41) is 11.1. The van der Waals surface area contributed by atoms with Crippen molar-refractivity contribution >= 4 is 17.0 Å². The van der Waals surface area contributed by atoms with Gasteiger partial charge in [-0.05, 0) is 32.0 Å². The van der Waals surface area contributed by atoms with Crippen LogP contribution in [-0.4, -0.2) is 10.1 Å². The molecule has 0 radical (unpaired) electrons. The summed E-state index contributed by atoms with van der Waals surface area (Å²) < 4.78 is 0. The predicted molar refractivity (Wildman–Crippen MR) is 95.7 cm³/mol. The predicted octanol–water partition coefficient (Wildman–Crippen LogP) is 3.09. The number of thiazole rings is 1. The summed E-state index contributed by atoms with van der Waals surface area (Å²) in [4.78, 5) is 6.89. The number of aryl methyl sites for hydroxylation is 1. The van der Waals surface area contributed by atoms with Crippen molar-refractivity contribution in [3.8, 4) is 11.8 Å². The quantitative estimate of drug-likeness (QED) is 0.848. The SMILES string of the molecule is C=CN(C(=C)N)c1cccc(C#CC(C)(O)c2ncc(C)s2)c1. The molecule has 23 heavy (non-hydrogen) atoms. The Hall–Kier alpha value is -2.55. The number of nitrogens with two attached hydrogens (primary N) is 1. The Morgan fingerprint density at radius 2 is 2.26 bits per heavy atom. The highest BCUT2D eigenvalue weighted by Gasteiger charge is 2.23. The molecule has 0 aliphatic heterocycles. The van der Waals surface area contributed by atoms with E-state index in [0.29, 0.717) is 10.8 Å². The van der Waals surface area contributed by atoms with Gasteiger partial charge in [0.25, 0.3) is 0 Å². The number of rotatable bonds is 4. The van der Waals surface area contributed by atoms with Crippen LogP contribution >= 0.6 is 11.3 Å². The highest BCUT2D eigenvalue weighted by Crippen LogP contribution is 2.25. The lowest BCUT2D eigenvalue weighted by Crippen LogP contribution is -2.20. The van der Waals surface area contributed by atoms with Gasteiger partial charge in [0.2, 0.25) is 0 Å². The second kappa shape index (κ2) is 6.69. The third kappa shape index (κ3) is 4.01. The molecule has 0 saturated carbocycles. The molecular formula is C18H19N3OS. The van der Waals surface area contributed by atoms with Crippen molar-refractivity contribution in [3.05, 3.63) is 71.1 Å². The van der Waals surface area contributed by atoms with Crippen molar-refractivity contribution < 1.29 is 5.11 Å². The molecule has 1 aromatic carbocycles. The zero-order valence-electron chi connectivity index (χ0n) is 13.2. The molecule has 1 heterocycles. The molecule has 0 spiro atoms. The van der Waals surface area contributed by atoms with Gasteiger partial charge >= 0.3 is 0 Å². The van der Waals surface area contributed by atoms with E-state index < -0.39 is 5.60 Å². The Kier molecular flexibility index (Phi) is 4.89. The largest absolute Gasteiger partial charge is 0.385 e. The van der Waals surface area contributed by atoms with Crippen LogP contribution in [0.3, 0.4) is 0 Å². The number of anilines is 1. The lowest BCUT2D eigenvalue weighted by Gasteiger charge is -2.19. The summed E-state index contributed by atoms with van der Waals surface area (Å²) in [6.07, 6.45) is 3.31. The molecule has 0 aliphatic carbocycles. The van der Waals surface area contributed by atoms with Gasteiger partial charge in [-0.1, -0.05) is 31.1 Å². The molecule has 5 heteroatoms. The Labute approximate surface area is 140 Å². The molecule has 0 aliphatic rings. The highest BCUT2D eigenvalue weighted by atomic mass is 32.1. The Bertz CT molecular complexity index is 796. The molecule has 2 aromatic rings. The third-order valence-electron chi connectivity index (χ3n) is 3.10. The molecule has 3 N–H and O–H groups in total. The minimum atomic E-state index is -1.29. The molecule has 0 saturated heterocycles. The summed E-state index contributed by atoms with van der Waals surface area (Å²) in [5.41, 5.74) is 6.00. The zero-order valence-corrected chi connectivity index (χ0v) is 14.0. The standard InChI is InChI=1S/C18H19N3OS/c1-5-21(14(3)19)16-8-6-7-15(11-16)9-10-18(4,22)17-20-12-13(2)23-17/h5-8,11-12,22H,1,3,19H2,2,4H3. The van der Waals surface area contributed by atoms with Crippen LogP contribution in [0, 0.1) is 18.8 Å². The Morgan fingerprint density at radius 3 is 2.83 bits per heavy atom. The van der Waals surface area contributed by atoms with Crippen LogP contribution in [-0.2, 0) is 5.60 Å². The molecule has 0 amide bonds. The molecule has 1 aromatic heterocycles. The van der Waals surface area contributed by atoms with Crippen LogP contribution in [0.25, 0.3) is 0 Å². The van der Waals surface area contributed by atoms with Crippen molar-refractivity contribution in [2.45, 2.75) is 19.4 Å². The van der Waals surface area contributed by atoms with Gasteiger partial charge < -0.3 is 15.7 Å². The fourth-order valence-corrected chi connectivity index (χ4v) is 2.71. The first kappa shape index (κ1) is 16.8. The van der Waals surface area contributed by atoms with E-state index in [1.807, 2.05) is 31.2 Å². The lowest BCUT2D eigenvalue weighted by molar-refractivity contribution is 0.122. The maximum absolute atomic E-state index is 10.5. The maximum atomic E-state index is 10.5. The average molecular weight is 325 g/mol. The van der Waals surface area contributed by atoms with Gasteiger partial charge in [-0.2, -0.15) is 0 Å². The molecule has 1 atom stereocenters. The summed E-state index contributed by atoms with van der Waals surface area (Å²) in [5.74, 6) is 6.23. The molecule has 118 valence electrons. The number of benzene rings is 1. The van der Waals surface area contributed by atoms with E-state index in [2.05, 4.69) is 30.0 Å². The van der Waals surface area contributed by atoms with E-state index in [1.165, 1.54) is 11.3 Å². The van der Waals surface area contributed by atoms with Crippen LogP contribution in [0.15, 0.2) is 55.6 Å². The average Bonchev–Trinajstić information content (AvgIpc) is 2.94. The van der Waals surface area contributed by atoms with Crippen LogP contribution in [0.4, 0.5) is 5.69 Å². The fourth-order valence-electron chi connectivity index (χ4n) is 1.95. The molecule has 0 bridgehead atoms. The minimum absolute atomic E-state index is 0.371. The number of aliphatic hydroxyl groups is 1. The highest BCUT2D eigenvalue weighted by molar-refractivity contribution is 7.11. The topological polar surface area (TPSA) is 62.4 Å². The van der Waals surface area contributed by atoms with Crippen LogP contribution in [0.5, 0.6) is 0 Å². The summed E-state index contributed by atoms with van der Waals surface area (Å²) in [6.45, 7) is 11.0. The first-order valence-corrected chi connectivity index (χ1v) is 7.80. The van der Waals surface area contributed by atoms with Gasteiger partial charge in [-0.25, -0.2) is 4.98 Å². The van der Waals surface area contributed by atoms with E-state index in [4.69, 9.17) is 5.73 Å². The minimum Gasteiger partial charge on any atom is -0.385 e. The number of hydrogen-bond acceptors (Lipinski definition) is 5. The van der Waals surface area contributed by atoms with Gasteiger partial charge in [-0.15, -0.1) is 11.3 Å². The molecule has 0 fully saturated rings. The third-order valence-corrected chi connectivity index (χ3v) is 4.23. The van der Waals surface area contributed by atoms with Crippen molar-refractivity contribution in [1.82, 2.24) is 4.98 Å². The molecule has 2 rings (SSSR count). The van der Waals surface area contributed by atoms with E-state index >= 15 is 0 Å². The second-order valence-corrected chi connectivity index (χ2v) is 6.43. The van der Waals surface area contributed by atoms with E-state index in [1.54, 1.807) is 24.2 Å². The summed E-state index contributed by atoms with van der Waals surface area (Å²) in [6, 6.07) is 7.46. The number of nitrogens with zero attached hydrogens (tertiary/aromatic N) is 2. The Morgan fingerprint density at radius 1 is 1.52 bits per heavy atom. The zero-order chi connectivity index (χ0) is 17.0. The van der Waals surface area contributed by atoms with E-state index in [0.717, 1.165) is 16.1 Å². The summed E-state index contributed by atoms with van der Waals surface area (Å²) >= 11 is 1.43. The van der Waals surface area contributed by atoms with Crippen LogP contribution < -0.4 is 10.6 Å². The van der Waals surface area contributed by atoms with Crippen molar-refractivity contribution in [2.24, 2.45) is 5.73 Å². The van der Waals surface area contributed by atoms with Gasteiger partial charge in [0.15, 0.2) is 5.60 Å². The van der Waals surface area contributed by atoms with Crippen LogP contribution in [0.2, 0.25) is 0 Å². The summed E-state index contributed by atoms with van der Waals surface area (Å²) in [7, 11) is 0. The molecule has 4 nitrogen and oxygen atoms in total. The monoisotopic (exact) mass is 325 g/mol. The van der Waals surface area contributed by atoms with Gasteiger partial charge in [0.1, 0.15) is 5.01 Å². The second-order valence-electron chi connectivity index (χ2n) is 5.19. The smallest absolute Gasteiger partial charge is 0.174 e. The first-order valence-electron chi connectivity index (χ1n) is 6.98. The molecule has 1 unspecified atom stereocenters. The molecular weight excluding hydrogens is 306 g/mol. The van der Waals surface area contributed by atoms with Crippen molar-refractivity contribution in [1.29, 1.82) is 0 Å². The first-order chi connectivity index (χ1) is 10.8.